The number of hydrogen-bond acceptors (Lipinski definition) is 3. The number of nitrogens with zero attached hydrogens (tertiary/aromatic N) is 1. The number of nitrogens with one attached hydrogen (secondary N) is 1. The maximum absolute atomic E-state index is 11.1. The molecule has 0 aliphatic carbocycles. The van der Waals surface area contributed by atoms with Gasteiger partial charge in [0.2, 0.25) is 0 Å². The van der Waals surface area contributed by atoms with E-state index in [9.17, 15) is 4.79 Å². The lowest BCUT2D eigenvalue weighted by atomic mass is 10.1. The van der Waals surface area contributed by atoms with Crippen molar-refractivity contribution < 1.29 is 14.6 Å². The van der Waals surface area contributed by atoms with Gasteiger partial charge in [0.05, 0.1) is 25.9 Å². The maximum atomic E-state index is 11.1. The van der Waals surface area contributed by atoms with Gasteiger partial charge in [-0.15, -0.1) is 0 Å². The average Bonchev–Trinajstić information content (AvgIpc) is 2.10. The van der Waals surface area contributed by atoms with Crippen molar-refractivity contribution in [3.05, 3.63) is 0 Å². The Balaban J connectivity index is 2.17. The van der Waals surface area contributed by atoms with Gasteiger partial charge in [0.25, 0.3) is 0 Å². The van der Waals surface area contributed by atoms with Gasteiger partial charge in [-0.05, 0) is 6.42 Å². The maximum Gasteiger partial charge on any atom is 0.317 e. The van der Waals surface area contributed by atoms with Crippen LogP contribution in [-0.4, -0.2) is 55.5 Å². The summed E-state index contributed by atoms with van der Waals surface area (Å²) in [5.41, 5.74) is 0. The lowest BCUT2D eigenvalue weighted by Crippen LogP contribution is -2.56. The van der Waals surface area contributed by atoms with E-state index in [1.165, 1.54) is 0 Å². The summed E-state index contributed by atoms with van der Waals surface area (Å²) in [6, 6.07) is 0.135. The monoisotopic (exact) mass is 188 g/mol. The fourth-order valence-electron chi connectivity index (χ4n) is 1.31. The molecule has 1 rings (SSSR count). The molecule has 1 aliphatic rings. The molecule has 2 amide bonds. The number of amides is 2. The standard InChI is InChI=1S/C8H16N2O3/c1-9-8(12)10-3-2-7(10)6-13-5-4-11/h7,11H,2-6H2,1H3,(H,9,12). The fraction of sp³-hybridized carbons (Fsp3) is 0.875. The largest absolute Gasteiger partial charge is 0.394 e. The van der Waals surface area contributed by atoms with Crippen LogP contribution in [0.3, 0.4) is 0 Å². The quantitative estimate of drug-likeness (QED) is 0.580. The average molecular weight is 188 g/mol. The van der Waals surface area contributed by atoms with E-state index in [4.69, 9.17) is 9.84 Å². The minimum absolute atomic E-state index is 0.0344. The number of ether oxygens (including phenoxy) is 1. The molecule has 1 heterocycles. The van der Waals surface area contributed by atoms with Gasteiger partial charge in [0, 0.05) is 13.6 Å². The molecule has 2 N–H and O–H groups in total. The molecule has 13 heavy (non-hydrogen) atoms. The van der Waals surface area contributed by atoms with Gasteiger partial charge in [-0.1, -0.05) is 0 Å². The first-order valence-electron chi connectivity index (χ1n) is 4.46. The zero-order valence-electron chi connectivity index (χ0n) is 7.82. The molecule has 0 radical (unpaired) electrons. The van der Waals surface area contributed by atoms with Crippen molar-refractivity contribution >= 4 is 6.03 Å². The van der Waals surface area contributed by atoms with Gasteiger partial charge < -0.3 is 20.1 Å². The summed E-state index contributed by atoms with van der Waals surface area (Å²) in [6.07, 6.45) is 0.985. The van der Waals surface area contributed by atoms with E-state index in [0.29, 0.717) is 13.2 Å². The van der Waals surface area contributed by atoms with Crippen LogP contribution < -0.4 is 5.32 Å². The molecule has 1 unspecified atom stereocenters. The highest BCUT2D eigenvalue weighted by atomic mass is 16.5. The highest BCUT2D eigenvalue weighted by Crippen LogP contribution is 2.17. The second-order valence-corrected chi connectivity index (χ2v) is 2.99. The minimum atomic E-state index is -0.0520. The van der Waals surface area contributed by atoms with Crippen LogP contribution in [0.4, 0.5) is 4.79 Å². The first-order valence-corrected chi connectivity index (χ1v) is 4.46. The van der Waals surface area contributed by atoms with E-state index in [1.807, 2.05) is 0 Å². The number of urea groups is 1. The van der Waals surface area contributed by atoms with Crippen LogP contribution in [0, 0.1) is 0 Å². The molecular weight excluding hydrogens is 172 g/mol. The number of likely N-dealkylation sites (tertiary alicyclic amines) is 1. The minimum Gasteiger partial charge on any atom is -0.394 e. The Morgan fingerprint density at radius 2 is 2.54 bits per heavy atom. The summed E-state index contributed by atoms with van der Waals surface area (Å²) < 4.78 is 5.14. The van der Waals surface area contributed by atoms with E-state index in [1.54, 1.807) is 11.9 Å². The highest BCUT2D eigenvalue weighted by molar-refractivity contribution is 5.75. The summed E-state index contributed by atoms with van der Waals surface area (Å²) in [6.45, 7) is 1.70. The van der Waals surface area contributed by atoms with Crippen molar-refractivity contribution in [2.24, 2.45) is 0 Å². The summed E-state index contributed by atoms with van der Waals surface area (Å²) in [4.78, 5) is 12.9. The Hall–Kier alpha value is -0.810. The summed E-state index contributed by atoms with van der Waals surface area (Å²) in [7, 11) is 1.62. The Morgan fingerprint density at radius 3 is 3.00 bits per heavy atom. The van der Waals surface area contributed by atoms with Gasteiger partial charge in [-0.3, -0.25) is 0 Å². The Bertz CT molecular complexity index is 175. The van der Waals surface area contributed by atoms with E-state index in [2.05, 4.69) is 5.32 Å². The number of aliphatic hydroxyl groups excluding tert-OH is 1. The van der Waals surface area contributed by atoms with Gasteiger partial charge >= 0.3 is 6.03 Å². The zero-order chi connectivity index (χ0) is 9.68. The van der Waals surface area contributed by atoms with Crippen LogP contribution in [-0.2, 0) is 4.74 Å². The Morgan fingerprint density at radius 1 is 1.77 bits per heavy atom. The molecule has 0 aromatic rings. The molecule has 0 saturated carbocycles. The zero-order valence-corrected chi connectivity index (χ0v) is 7.82. The van der Waals surface area contributed by atoms with Crippen molar-refractivity contribution in [2.75, 3.05) is 33.4 Å². The number of carbonyl (C=O) groups excluding carboxylic acids is 1. The molecule has 0 bridgehead atoms. The predicted molar refractivity (Wildman–Crippen MR) is 47.5 cm³/mol. The number of carbonyl (C=O) groups is 1. The molecule has 1 saturated heterocycles. The van der Waals surface area contributed by atoms with E-state index in [-0.39, 0.29) is 18.7 Å². The lowest BCUT2D eigenvalue weighted by molar-refractivity contribution is 0.0159. The van der Waals surface area contributed by atoms with Gasteiger partial charge in [-0.25, -0.2) is 4.79 Å². The topological polar surface area (TPSA) is 61.8 Å². The van der Waals surface area contributed by atoms with Crippen LogP contribution in [0.25, 0.3) is 0 Å². The first kappa shape index (κ1) is 10.3. The van der Waals surface area contributed by atoms with E-state index in [0.717, 1.165) is 13.0 Å². The third-order valence-electron chi connectivity index (χ3n) is 2.16. The van der Waals surface area contributed by atoms with Crippen molar-refractivity contribution in [3.63, 3.8) is 0 Å². The van der Waals surface area contributed by atoms with Gasteiger partial charge in [0.15, 0.2) is 0 Å². The summed E-state index contributed by atoms with van der Waals surface area (Å²) >= 11 is 0. The first-order chi connectivity index (χ1) is 6.29. The van der Waals surface area contributed by atoms with Crippen LogP contribution in [0.2, 0.25) is 0 Å². The SMILES string of the molecule is CNC(=O)N1CCC1COCCO. The second kappa shape index (κ2) is 5.04. The van der Waals surface area contributed by atoms with Crippen LogP contribution >= 0.6 is 0 Å². The molecule has 0 aromatic heterocycles. The summed E-state index contributed by atoms with van der Waals surface area (Å²) in [5.74, 6) is 0. The number of hydrogen-bond donors (Lipinski definition) is 2. The summed E-state index contributed by atoms with van der Waals surface area (Å²) in [5, 5.41) is 11.0. The van der Waals surface area contributed by atoms with Crippen molar-refractivity contribution in [1.29, 1.82) is 0 Å². The second-order valence-electron chi connectivity index (χ2n) is 2.99. The van der Waals surface area contributed by atoms with Gasteiger partial charge in [0.1, 0.15) is 0 Å². The normalized spacial score (nSPS) is 21.1. The van der Waals surface area contributed by atoms with E-state index >= 15 is 0 Å². The third kappa shape index (κ3) is 2.57. The number of aliphatic hydroxyl groups is 1. The fourth-order valence-corrected chi connectivity index (χ4v) is 1.31. The Kier molecular flexibility index (Phi) is 3.98. The highest BCUT2D eigenvalue weighted by Gasteiger charge is 2.31. The van der Waals surface area contributed by atoms with Crippen molar-refractivity contribution in [3.8, 4) is 0 Å². The molecular formula is C8H16N2O3. The molecule has 0 aromatic carbocycles. The van der Waals surface area contributed by atoms with Crippen LogP contribution in [0.15, 0.2) is 0 Å². The molecule has 1 aliphatic heterocycles. The van der Waals surface area contributed by atoms with Gasteiger partial charge in [-0.2, -0.15) is 0 Å². The van der Waals surface area contributed by atoms with Crippen LogP contribution in [0.5, 0.6) is 0 Å². The predicted octanol–water partition coefficient (Wildman–Crippen LogP) is -0.591. The smallest absolute Gasteiger partial charge is 0.317 e. The molecule has 1 fully saturated rings. The molecule has 5 heteroatoms. The van der Waals surface area contributed by atoms with E-state index < -0.39 is 0 Å². The van der Waals surface area contributed by atoms with Crippen molar-refractivity contribution in [1.82, 2.24) is 10.2 Å². The van der Waals surface area contributed by atoms with Crippen molar-refractivity contribution in [2.45, 2.75) is 12.5 Å². The number of rotatable bonds is 4. The molecule has 1 atom stereocenters. The Labute approximate surface area is 77.7 Å². The molecule has 76 valence electrons. The lowest BCUT2D eigenvalue weighted by Gasteiger charge is -2.40. The van der Waals surface area contributed by atoms with Crippen LogP contribution in [0.1, 0.15) is 6.42 Å². The third-order valence-corrected chi connectivity index (χ3v) is 2.16. The molecule has 0 spiro atoms. The molecule has 5 nitrogen and oxygen atoms in total.